The van der Waals surface area contributed by atoms with E-state index in [1.165, 1.54) is 0 Å². The van der Waals surface area contributed by atoms with Gasteiger partial charge in [-0.15, -0.1) is 0 Å². The fourth-order valence-electron chi connectivity index (χ4n) is 1.78. The number of fused-ring (bicyclic) bond motifs is 1. The Kier molecular flexibility index (Phi) is 1.91. The minimum absolute atomic E-state index is 0.0751. The van der Waals surface area contributed by atoms with Crippen molar-refractivity contribution in [3.8, 4) is 0 Å². The maximum atomic E-state index is 10.8. The molecule has 0 bridgehead atoms. The molecule has 2 unspecified atom stereocenters. The second-order valence-electron chi connectivity index (χ2n) is 3.55. The fourth-order valence-corrected chi connectivity index (χ4v) is 1.78. The summed E-state index contributed by atoms with van der Waals surface area (Å²) in [4.78, 5) is 17.2. The maximum absolute atomic E-state index is 10.8. The minimum Gasteiger partial charge on any atom is -0.478 e. The monoisotopic (exact) mass is 192 g/mol. The van der Waals surface area contributed by atoms with Gasteiger partial charge in [0.15, 0.2) is 0 Å². The van der Waals surface area contributed by atoms with E-state index in [9.17, 15) is 4.79 Å². The van der Waals surface area contributed by atoms with Crippen LogP contribution in [0, 0.1) is 0 Å². The average Bonchev–Trinajstić information content (AvgIpc) is 2.43. The van der Waals surface area contributed by atoms with Gasteiger partial charge in [-0.2, -0.15) is 0 Å². The van der Waals surface area contributed by atoms with Crippen molar-refractivity contribution in [3.63, 3.8) is 0 Å². The Bertz CT molecular complexity index is 368. The third-order valence-corrected chi connectivity index (χ3v) is 2.71. The molecule has 4 heteroatoms. The molecule has 1 heterocycles. The third-order valence-electron chi connectivity index (χ3n) is 2.71. The van der Waals surface area contributed by atoms with E-state index in [2.05, 4.69) is 4.99 Å². The fraction of sp³-hybridized carbons (Fsp3) is 0.400. The summed E-state index contributed by atoms with van der Waals surface area (Å²) in [6.07, 6.45) is 5.23. The number of likely N-dealkylation sites (N-methyl/N-ethyl adjacent to an activating group) is 1. The van der Waals surface area contributed by atoms with Crippen LogP contribution >= 0.6 is 0 Å². The zero-order valence-corrected chi connectivity index (χ0v) is 8.14. The Hall–Kier alpha value is -1.58. The number of carboxylic acid groups (broad SMARTS) is 1. The number of amidine groups is 1. The molecular formula is C10H12N2O2. The van der Waals surface area contributed by atoms with Gasteiger partial charge in [0, 0.05) is 7.05 Å². The molecule has 1 N–H and O–H groups in total. The summed E-state index contributed by atoms with van der Waals surface area (Å²) >= 11 is 0. The van der Waals surface area contributed by atoms with E-state index in [1.807, 2.05) is 24.9 Å². The van der Waals surface area contributed by atoms with E-state index in [1.54, 1.807) is 12.2 Å². The molecule has 0 saturated heterocycles. The van der Waals surface area contributed by atoms with E-state index in [-0.39, 0.29) is 12.1 Å². The number of carbonyl (C=O) groups is 1. The summed E-state index contributed by atoms with van der Waals surface area (Å²) in [6.45, 7) is 1.93. The molecule has 0 saturated carbocycles. The summed E-state index contributed by atoms with van der Waals surface area (Å²) in [5.41, 5.74) is 0.350. The quantitative estimate of drug-likeness (QED) is 0.664. The van der Waals surface area contributed by atoms with Gasteiger partial charge in [-0.05, 0) is 19.1 Å². The van der Waals surface area contributed by atoms with Gasteiger partial charge in [-0.25, -0.2) is 4.79 Å². The van der Waals surface area contributed by atoms with Crippen LogP contribution in [0.25, 0.3) is 0 Å². The van der Waals surface area contributed by atoms with Crippen molar-refractivity contribution in [1.82, 2.24) is 4.90 Å². The van der Waals surface area contributed by atoms with Crippen LogP contribution in [0.15, 0.2) is 28.8 Å². The Morgan fingerprint density at radius 1 is 1.64 bits per heavy atom. The molecule has 0 radical (unpaired) electrons. The highest BCUT2D eigenvalue weighted by atomic mass is 16.4. The number of rotatable bonds is 1. The first-order chi connectivity index (χ1) is 6.59. The molecule has 0 aromatic rings. The van der Waals surface area contributed by atoms with Crippen LogP contribution in [0.2, 0.25) is 0 Å². The Morgan fingerprint density at radius 3 is 3.00 bits per heavy atom. The van der Waals surface area contributed by atoms with Gasteiger partial charge >= 0.3 is 5.97 Å². The third kappa shape index (κ3) is 1.23. The summed E-state index contributed by atoms with van der Waals surface area (Å²) < 4.78 is 0. The number of hydrogen-bond donors (Lipinski definition) is 1. The number of aliphatic imine (C=N–C) groups is 1. The Balaban J connectivity index is 2.29. The zero-order valence-electron chi connectivity index (χ0n) is 8.14. The number of carboxylic acids is 1. The molecule has 0 aromatic heterocycles. The maximum Gasteiger partial charge on any atom is 0.335 e. The number of aliphatic carboxylic acids is 1. The molecule has 1 aliphatic heterocycles. The predicted molar refractivity (Wildman–Crippen MR) is 53.3 cm³/mol. The second-order valence-corrected chi connectivity index (χ2v) is 3.55. The minimum atomic E-state index is -0.877. The summed E-state index contributed by atoms with van der Waals surface area (Å²) in [7, 11) is 1.93. The van der Waals surface area contributed by atoms with Gasteiger partial charge < -0.3 is 10.0 Å². The molecule has 74 valence electrons. The largest absolute Gasteiger partial charge is 0.478 e. The van der Waals surface area contributed by atoms with Crippen LogP contribution < -0.4 is 0 Å². The highest BCUT2D eigenvalue weighted by Gasteiger charge is 2.31. The summed E-state index contributed by atoms with van der Waals surface area (Å²) in [6, 6.07) is 0.161. The van der Waals surface area contributed by atoms with Crippen LogP contribution in [0.1, 0.15) is 6.92 Å². The Labute approximate surface area is 82.2 Å². The van der Waals surface area contributed by atoms with Gasteiger partial charge in [-0.3, -0.25) is 4.99 Å². The predicted octanol–water partition coefficient (Wildman–Crippen LogP) is 0.668. The highest BCUT2D eigenvalue weighted by Crippen LogP contribution is 2.23. The van der Waals surface area contributed by atoms with Gasteiger partial charge in [-0.1, -0.05) is 6.08 Å². The van der Waals surface area contributed by atoms with Crippen molar-refractivity contribution in [2.45, 2.75) is 19.0 Å². The molecule has 0 amide bonds. The lowest BCUT2D eigenvalue weighted by Crippen LogP contribution is -2.35. The molecular weight excluding hydrogens is 180 g/mol. The first-order valence-electron chi connectivity index (χ1n) is 4.50. The first-order valence-corrected chi connectivity index (χ1v) is 4.50. The molecule has 2 atom stereocenters. The molecule has 0 spiro atoms. The van der Waals surface area contributed by atoms with Crippen molar-refractivity contribution in [3.05, 3.63) is 23.8 Å². The van der Waals surface area contributed by atoms with Gasteiger partial charge in [0.05, 0.1) is 23.5 Å². The molecule has 2 rings (SSSR count). The lowest BCUT2D eigenvalue weighted by atomic mass is 9.99. The van der Waals surface area contributed by atoms with Gasteiger partial charge in [0.2, 0.25) is 0 Å². The lowest BCUT2D eigenvalue weighted by Gasteiger charge is -2.24. The lowest BCUT2D eigenvalue weighted by molar-refractivity contribution is -0.132. The van der Waals surface area contributed by atoms with Gasteiger partial charge in [0.25, 0.3) is 0 Å². The van der Waals surface area contributed by atoms with Crippen LogP contribution in [-0.4, -0.2) is 40.9 Å². The van der Waals surface area contributed by atoms with Crippen molar-refractivity contribution in [1.29, 1.82) is 0 Å². The van der Waals surface area contributed by atoms with Crippen molar-refractivity contribution in [2.24, 2.45) is 4.99 Å². The van der Waals surface area contributed by atoms with Crippen LogP contribution in [-0.2, 0) is 4.79 Å². The zero-order chi connectivity index (χ0) is 10.3. The number of nitrogens with zero attached hydrogens (tertiary/aromatic N) is 2. The summed E-state index contributed by atoms with van der Waals surface area (Å²) in [5.74, 6) is 0.0743. The van der Waals surface area contributed by atoms with E-state index in [4.69, 9.17) is 5.11 Å². The number of hydrogen-bond acceptors (Lipinski definition) is 3. The smallest absolute Gasteiger partial charge is 0.335 e. The van der Waals surface area contributed by atoms with E-state index in [0.717, 1.165) is 5.84 Å². The van der Waals surface area contributed by atoms with E-state index < -0.39 is 5.97 Å². The van der Waals surface area contributed by atoms with Crippen LogP contribution in [0.4, 0.5) is 0 Å². The van der Waals surface area contributed by atoms with Crippen LogP contribution in [0.3, 0.4) is 0 Å². The topological polar surface area (TPSA) is 52.9 Å². The normalized spacial score (nSPS) is 29.7. The molecule has 14 heavy (non-hydrogen) atoms. The van der Waals surface area contributed by atoms with E-state index >= 15 is 0 Å². The van der Waals surface area contributed by atoms with Gasteiger partial charge in [0.1, 0.15) is 0 Å². The van der Waals surface area contributed by atoms with Crippen molar-refractivity contribution in [2.75, 3.05) is 7.05 Å². The summed E-state index contributed by atoms with van der Waals surface area (Å²) in [5, 5.41) is 8.83. The first kappa shape index (κ1) is 8.99. The SMILES string of the molecule is CC1=NC2C=CC(C(=O)O)=CC2N1C. The van der Waals surface area contributed by atoms with E-state index in [0.29, 0.717) is 5.57 Å². The molecule has 2 aliphatic rings. The molecule has 0 fully saturated rings. The van der Waals surface area contributed by atoms with Crippen molar-refractivity contribution >= 4 is 11.8 Å². The highest BCUT2D eigenvalue weighted by molar-refractivity contribution is 5.91. The average molecular weight is 192 g/mol. The molecule has 0 aromatic carbocycles. The van der Waals surface area contributed by atoms with Crippen molar-refractivity contribution < 1.29 is 9.90 Å². The Morgan fingerprint density at radius 2 is 2.36 bits per heavy atom. The second kappa shape index (κ2) is 2.97. The van der Waals surface area contributed by atoms with Crippen LogP contribution in [0.5, 0.6) is 0 Å². The molecule has 1 aliphatic carbocycles. The molecule has 4 nitrogen and oxygen atoms in total. The standard InChI is InChI=1S/C10H12N2O2/c1-6-11-8-4-3-7(10(13)14)5-9(8)12(6)2/h3-5,8-9H,1-2H3,(H,13,14).